The van der Waals surface area contributed by atoms with Gasteiger partial charge in [-0.25, -0.2) is 0 Å². The van der Waals surface area contributed by atoms with Crippen molar-refractivity contribution in [1.82, 2.24) is 14.9 Å². The zero-order valence-corrected chi connectivity index (χ0v) is 14.6. The molecule has 1 saturated heterocycles. The van der Waals surface area contributed by atoms with Gasteiger partial charge in [0.2, 0.25) is 0 Å². The third kappa shape index (κ3) is 3.54. The van der Waals surface area contributed by atoms with Crippen LogP contribution in [0.4, 0.5) is 0 Å². The van der Waals surface area contributed by atoms with E-state index in [2.05, 4.69) is 14.9 Å². The van der Waals surface area contributed by atoms with Crippen LogP contribution in [0.25, 0.3) is 10.9 Å². The summed E-state index contributed by atoms with van der Waals surface area (Å²) < 4.78 is 0. The van der Waals surface area contributed by atoms with Crippen LogP contribution in [0.5, 0.6) is 0 Å². The average molecular weight is 349 g/mol. The third-order valence-corrected chi connectivity index (χ3v) is 5.26. The van der Waals surface area contributed by atoms with Gasteiger partial charge in [0.15, 0.2) is 5.43 Å². The number of aromatic amines is 1. The normalized spacial score (nSPS) is 17.4. The maximum Gasteiger partial charge on any atom is 0.189 e. The Morgan fingerprint density at radius 3 is 2.69 bits per heavy atom. The summed E-state index contributed by atoms with van der Waals surface area (Å²) in [7, 11) is 0. The molecule has 0 radical (unpaired) electrons. The van der Waals surface area contributed by atoms with Crippen LogP contribution in [-0.4, -0.2) is 33.1 Å². The molecule has 1 unspecified atom stereocenters. The van der Waals surface area contributed by atoms with E-state index >= 15 is 0 Å². The molecule has 1 fully saturated rings. The fourth-order valence-corrected chi connectivity index (χ4v) is 3.80. The monoisotopic (exact) mass is 349 g/mol. The molecule has 2 aromatic heterocycles. The van der Waals surface area contributed by atoms with Gasteiger partial charge in [0.25, 0.3) is 0 Å². The topological polar surface area (TPSA) is 69.2 Å². The number of para-hydroxylation sites is 1. The van der Waals surface area contributed by atoms with Crippen molar-refractivity contribution in [2.75, 3.05) is 13.1 Å². The van der Waals surface area contributed by atoms with Gasteiger partial charge in [-0.05, 0) is 56.1 Å². The second-order valence-electron chi connectivity index (χ2n) is 7.02. The maximum absolute atomic E-state index is 12.3. The molecule has 4 rings (SSSR count). The molecule has 0 spiro atoms. The Bertz CT molecular complexity index is 931. The van der Waals surface area contributed by atoms with E-state index in [4.69, 9.17) is 0 Å². The molecule has 1 aromatic carbocycles. The smallest absolute Gasteiger partial charge is 0.189 e. The van der Waals surface area contributed by atoms with Gasteiger partial charge in [-0.2, -0.15) is 0 Å². The molecule has 134 valence electrons. The van der Waals surface area contributed by atoms with Crippen LogP contribution in [0.1, 0.15) is 30.3 Å². The van der Waals surface area contributed by atoms with Crippen LogP contribution in [0.2, 0.25) is 0 Å². The van der Waals surface area contributed by atoms with Gasteiger partial charge in [0.05, 0.1) is 11.8 Å². The first-order chi connectivity index (χ1) is 12.7. The molecule has 1 atom stereocenters. The standard InChI is InChI=1S/C21H23N3O2/c25-20-13-16(23-18-6-2-1-5-17(18)20)14-24-11-8-15(9-12-24)21(26)19-7-3-4-10-22-19/h1-7,10,13,15,21,26H,8-9,11-12,14H2,(H,23,25). The molecule has 1 aliphatic heterocycles. The number of likely N-dealkylation sites (tertiary alicyclic amines) is 1. The fourth-order valence-electron chi connectivity index (χ4n) is 3.80. The first-order valence-electron chi connectivity index (χ1n) is 9.13. The van der Waals surface area contributed by atoms with Crippen molar-refractivity contribution in [2.45, 2.75) is 25.5 Å². The SMILES string of the molecule is O=c1cc(CN2CCC(C(O)c3ccccn3)CC2)[nH]c2ccccc12. The lowest BCUT2D eigenvalue weighted by molar-refractivity contribution is 0.0537. The summed E-state index contributed by atoms with van der Waals surface area (Å²) in [6, 6.07) is 15.0. The molecule has 2 N–H and O–H groups in total. The number of aliphatic hydroxyl groups excluding tert-OH is 1. The largest absolute Gasteiger partial charge is 0.387 e. The number of aromatic nitrogens is 2. The van der Waals surface area contributed by atoms with Crippen LogP contribution in [0.15, 0.2) is 59.5 Å². The van der Waals surface area contributed by atoms with E-state index in [0.717, 1.165) is 54.8 Å². The van der Waals surface area contributed by atoms with Crippen molar-refractivity contribution < 1.29 is 5.11 Å². The van der Waals surface area contributed by atoms with Gasteiger partial charge in [-0.1, -0.05) is 18.2 Å². The summed E-state index contributed by atoms with van der Waals surface area (Å²) in [4.78, 5) is 22.2. The van der Waals surface area contributed by atoms with E-state index in [1.165, 1.54) is 0 Å². The first kappa shape index (κ1) is 16.9. The number of rotatable bonds is 4. The highest BCUT2D eigenvalue weighted by molar-refractivity contribution is 5.78. The summed E-state index contributed by atoms with van der Waals surface area (Å²) in [6.07, 6.45) is 3.08. The maximum atomic E-state index is 12.3. The molecule has 0 saturated carbocycles. The fraction of sp³-hybridized carbons (Fsp3) is 0.333. The second-order valence-corrected chi connectivity index (χ2v) is 7.02. The summed E-state index contributed by atoms with van der Waals surface area (Å²) >= 11 is 0. The molecule has 3 aromatic rings. The molecule has 0 amide bonds. The van der Waals surface area contributed by atoms with E-state index < -0.39 is 6.10 Å². The predicted octanol–water partition coefficient (Wildman–Crippen LogP) is 2.87. The number of nitrogens with one attached hydrogen (secondary N) is 1. The molecule has 0 aliphatic carbocycles. The van der Waals surface area contributed by atoms with Crippen LogP contribution in [0.3, 0.4) is 0 Å². The highest BCUT2D eigenvalue weighted by atomic mass is 16.3. The molecular weight excluding hydrogens is 326 g/mol. The van der Waals surface area contributed by atoms with E-state index in [1.54, 1.807) is 12.3 Å². The second kappa shape index (κ2) is 7.40. The summed E-state index contributed by atoms with van der Waals surface area (Å²) in [5.74, 6) is 0.233. The molecular formula is C21H23N3O2. The van der Waals surface area contributed by atoms with E-state index in [9.17, 15) is 9.90 Å². The van der Waals surface area contributed by atoms with Gasteiger partial charge < -0.3 is 10.1 Å². The summed E-state index contributed by atoms with van der Waals surface area (Å²) in [5.41, 5.74) is 2.65. The van der Waals surface area contributed by atoms with Gasteiger partial charge in [-0.3, -0.25) is 14.7 Å². The van der Waals surface area contributed by atoms with Crippen molar-refractivity contribution in [1.29, 1.82) is 0 Å². The number of aliphatic hydroxyl groups is 1. The lowest BCUT2D eigenvalue weighted by atomic mass is 9.89. The Balaban J connectivity index is 1.40. The molecule has 26 heavy (non-hydrogen) atoms. The van der Waals surface area contributed by atoms with Crippen LogP contribution in [0, 0.1) is 5.92 Å². The number of benzene rings is 1. The number of piperidine rings is 1. The van der Waals surface area contributed by atoms with Crippen molar-refractivity contribution in [3.63, 3.8) is 0 Å². The minimum absolute atomic E-state index is 0.0646. The van der Waals surface area contributed by atoms with Crippen molar-refractivity contribution in [2.24, 2.45) is 5.92 Å². The van der Waals surface area contributed by atoms with Crippen LogP contribution >= 0.6 is 0 Å². The Labute approximate surface area is 152 Å². The van der Waals surface area contributed by atoms with Gasteiger partial charge in [0, 0.05) is 35.4 Å². The average Bonchev–Trinajstić information content (AvgIpc) is 2.69. The van der Waals surface area contributed by atoms with E-state index in [-0.39, 0.29) is 11.3 Å². The molecule has 1 aliphatic rings. The quantitative estimate of drug-likeness (QED) is 0.760. The van der Waals surface area contributed by atoms with E-state index in [0.29, 0.717) is 0 Å². The van der Waals surface area contributed by atoms with Crippen molar-refractivity contribution >= 4 is 10.9 Å². The Morgan fingerprint density at radius 1 is 1.15 bits per heavy atom. The minimum Gasteiger partial charge on any atom is -0.387 e. The van der Waals surface area contributed by atoms with Gasteiger partial charge in [0.1, 0.15) is 0 Å². The van der Waals surface area contributed by atoms with Crippen LogP contribution in [-0.2, 0) is 6.54 Å². The van der Waals surface area contributed by atoms with E-state index in [1.807, 2.05) is 42.5 Å². The number of nitrogens with zero attached hydrogens (tertiary/aromatic N) is 2. The van der Waals surface area contributed by atoms with Crippen LogP contribution < -0.4 is 5.43 Å². The number of fused-ring (bicyclic) bond motifs is 1. The number of hydrogen-bond donors (Lipinski definition) is 2. The Kier molecular flexibility index (Phi) is 4.82. The van der Waals surface area contributed by atoms with Crippen molar-refractivity contribution in [3.8, 4) is 0 Å². The summed E-state index contributed by atoms with van der Waals surface area (Å²) in [6.45, 7) is 2.54. The van der Waals surface area contributed by atoms with Gasteiger partial charge >= 0.3 is 0 Å². The Hall–Kier alpha value is -2.50. The highest BCUT2D eigenvalue weighted by Crippen LogP contribution is 2.30. The number of H-pyrrole nitrogens is 1. The third-order valence-electron chi connectivity index (χ3n) is 5.26. The molecule has 5 nitrogen and oxygen atoms in total. The van der Waals surface area contributed by atoms with Gasteiger partial charge in [-0.15, -0.1) is 0 Å². The number of hydrogen-bond acceptors (Lipinski definition) is 4. The summed E-state index contributed by atoms with van der Waals surface area (Å²) in [5, 5.41) is 11.3. The highest BCUT2D eigenvalue weighted by Gasteiger charge is 2.27. The molecule has 0 bridgehead atoms. The minimum atomic E-state index is -0.501. The molecule has 3 heterocycles. The zero-order chi connectivity index (χ0) is 17.9. The Morgan fingerprint density at radius 2 is 1.92 bits per heavy atom. The first-order valence-corrected chi connectivity index (χ1v) is 9.13. The lowest BCUT2D eigenvalue weighted by Gasteiger charge is -2.34. The molecule has 5 heteroatoms. The number of pyridine rings is 2. The van der Waals surface area contributed by atoms with Crippen molar-refractivity contribution in [3.05, 3.63) is 76.3 Å². The lowest BCUT2D eigenvalue weighted by Crippen LogP contribution is -2.35. The zero-order valence-electron chi connectivity index (χ0n) is 14.6. The predicted molar refractivity (Wildman–Crippen MR) is 102 cm³/mol.